The molecule has 0 saturated heterocycles. The van der Waals surface area contributed by atoms with Crippen LogP contribution < -0.4 is 15.4 Å². The van der Waals surface area contributed by atoms with Gasteiger partial charge in [0, 0.05) is 21.8 Å². The molecule has 2 N–H and O–H groups in total. The van der Waals surface area contributed by atoms with Crippen LogP contribution in [-0.2, 0) is 4.79 Å². The van der Waals surface area contributed by atoms with Crippen LogP contribution in [0, 0.1) is 13.8 Å². The molecule has 122 valence electrons. The van der Waals surface area contributed by atoms with Crippen molar-refractivity contribution in [3.8, 4) is 5.75 Å². The average molecular weight is 353 g/mol. The van der Waals surface area contributed by atoms with Gasteiger partial charge < -0.3 is 15.4 Å². The zero-order valence-electron chi connectivity index (χ0n) is 13.2. The molecule has 0 unspecified atom stereocenters. The van der Waals surface area contributed by atoms with E-state index in [0.29, 0.717) is 21.5 Å². The van der Waals surface area contributed by atoms with Gasteiger partial charge in [-0.15, -0.1) is 0 Å². The lowest BCUT2D eigenvalue weighted by atomic mass is 10.2. The Hall–Kier alpha value is -1.91. The normalized spacial score (nSPS) is 10.3. The number of amides is 1. The minimum absolute atomic E-state index is 0.115. The predicted octanol–water partition coefficient (Wildman–Crippen LogP) is 4.67. The highest BCUT2D eigenvalue weighted by molar-refractivity contribution is 6.32. The fourth-order valence-corrected chi connectivity index (χ4v) is 2.34. The predicted molar refractivity (Wildman–Crippen MR) is 96.0 cm³/mol. The van der Waals surface area contributed by atoms with Gasteiger partial charge in [-0.05, 0) is 43.2 Å². The number of carbonyl (C=O) groups excluding carboxylic acids is 1. The van der Waals surface area contributed by atoms with Gasteiger partial charge in [-0.2, -0.15) is 0 Å². The molecule has 0 aliphatic carbocycles. The van der Waals surface area contributed by atoms with Crippen LogP contribution in [0.2, 0.25) is 10.0 Å². The molecule has 0 heterocycles. The Kier molecular flexibility index (Phi) is 5.74. The molecule has 0 atom stereocenters. The first-order chi connectivity index (χ1) is 10.9. The van der Waals surface area contributed by atoms with Crippen LogP contribution in [0.15, 0.2) is 30.3 Å². The number of methoxy groups -OCH3 is 1. The second kappa shape index (κ2) is 7.57. The second-order valence-corrected chi connectivity index (χ2v) is 5.98. The number of benzene rings is 2. The minimum atomic E-state index is -0.193. The monoisotopic (exact) mass is 352 g/mol. The lowest BCUT2D eigenvalue weighted by Crippen LogP contribution is -2.22. The summed E-state index contributed by atoms with van der Waals surface area (Å²) in [5, 5.41) is 7.09. The van der Waals surface area contributed by atoms with Crippen molar-refractivity contribution in [1.82, 2.24) is 0 Å². The maximum Gasteiger partial charge on any atom is 0.243 e. The largest absolute Gasteiger partial charge is 0.495 e. The molecule has 6 heteroatoms. The van der Waals surface area contributed by atoms with E-state index < -0.39 is 0 Å². The zero-order valence-corrected chi connectivity index (χ0v) is 14.7. The fourth-order valence-electron chi connectivity index (χ4n) is 2.01. The standard InChI is InChI=1S/C17H18Cl2N2O2/c1-10-4-5-12(7-13(10)18)20-9-17(22)21-15-6-11(2)14(19)8-16(15)23-3/h4-8,20H,9H2,1-3H3,(H,21,22). The Morgan fingerprint density at radius 2 is 1.78 bits per heavy atom. The third-order valence-electron chi connectivity index (χ3n) is 3.38. The highest BCUT2D eigenvalue weighted by Gasteiger charge is 2.10. The molecule has 1 amide bonds. The van der Waals surface area contributed by atoms with Gasteiger partial charge in [-0.1, -0.05) is 29.3 Å². The summed E-state index contributed by atoms with van der Waals surface area (Å²) in [5.74, 6) is 0.328. The first-order valence-corrected chi connectivity index (χ1v) is 7.80. The topological polar surface area (TPSA) is 50.4 Å². The Bertz CT molecular complexity index is 733. The van der Waals surface area contributed by atoms with Gasteiger partial charge in [0.25, 0.3) is 0 Å². The van der Waals surface area contributed by atoms with Crippen molar-refractivity contribution in [2.75, 3.05) is 24.3 Å². The molecule has 2 aromatic carbocycles. The molecule has 0 fully saturated rings. The van der Waals surface area contributed by atoms with Gasteiger partial charge >= 0.3 is 0 Å². The van der Waals surface area contributed by atoms with Gasteiger partial charge in [-0.3, -0.25) is 4.79 Å². The number of carbonyl (C=O) groups is 1. The van der Waals surface area contributed by atoms with Crippen LogP contribution in [0.4, 0.5) is 11.4 Å². The van der Waals surface area contributed by atoms with E-state index in [1.165, 1.54) is 7.11 Å². The van der Waals surface area contributed by atoms with E-state index in [1.54, 1.807) is 18.2 Å². The number of ether oxygens (including phenoxy) is 1. The summed E-state index contributed by atoms with van der Waals surface area (Å²) in [7, 11) is 1.53. The molecular weight excluding hydrogens is 335 g/mol. The maximum absolute atomic E-state index is 12.1. The van der Waals surface area contributed by atoms with Crippen LogP contribution in [0.3, 0.4) is 0 Å². The van der Waals surface area contributed by atoms with Gasteiger partial charge in [0.15, 0.2) is 0 Å². The second-order valence-electron chi connectivity index (χ2n) is 5.17. The van der Waals surface area contributed by atoms with Gasteiger partial charge in [0.1, 0.15) is 5.75 Å². The van der Waals surface area contributed by atoms with E-state index >= 15 is 0 Å². The number of halogens is 2. The molecule has 0 spiro atoms. The Morgan fingerprint density at radius 3 is 2.43 bits per heavy atom. The average Bonchev–Trinajstić information content (AvgIpc) is 2.52. The summed E-state index contributed by atoms with van der Waals surface area (Å²) in [6, 6.07) is 9.02. The molecule has 0 radical (unpaired) electrons. The van der Waals surface area contributed by atoms with Crippen molar-refractivity contribution >= 4 is 40.5 Å². The van der Waals surface area contributed by atoms with E-state index in [-0.39, 0.29) is 12.5 Å². The van der Waals surface area contributed by atoms with Crippen LogP contribution in [-0.4, -0.2) is 19.6 Å². The summed E-state index contributed by atoms with van der Waals surface area (Å²) in [4.78, 5) is 12.1. The molecule has 4 nitrogen and oxygen atoms in total. The number of hydrogen-bond donors (Lipinski definition) is 2. The SMILES string of the molecule is COc1cc(Cl)c(C)cc1NC(=O)CNc1ccc(C)c(Cl)c1. The summed E-state index contributed by atoms with van der Waals surface area (Å²) in [6.07, 6.45) is 0. The highest BCUT2D eigenvalue weighted by atomic mass is 35.5. The van der Waals surface area contributed by atoms with E-state index in [2.05, 4.69) is 10.6 Å². The van der Waals surface area contributed by atoms with Crippen LogP contribution in [0.5, 0.6) is 5.75 Å². The Balaban J connectivity index is 2.02. The van der Waals surface area contributed by atoms with Crippen LogP contribution >= 0.6 is 23.2 Å². The van der Waals surface area contributed by atoms with Crippen molar-refractivity contribution in [2.24, 2.45) is 0 Å². The van der Waals surface area contributed by atoms with Crippen molar-refractivity contribution < 1.29 is 9.53 Å². The van der Waals surface area contributed by atoms with Crippen molar-refractivity contribution in [2.45, 2.75) is 13.8 Å². The molecule has 23 heavy (non-hydrogen) atoms. The van der Waals surface area contributed by atoms with Crippen LogP contribution in [0.25, 0.3) is 0 Å². The molecule has 0 saturated carbocycles. The molecule has 0 aliphatic heterocycles. The number of aryl methyl sites for hydroxylation is 2. The summed E-state index contributed by atoms with van der Waals surface area (Å²) in [6.45, 7) is 3.90. The fraction of sp³-hybridized carbons (Fsp3) is 0.235. The van der Waals surface area contributed by atoms with E-state index in [9.17, 15) is 4.79 Å². The lowest BCUT2D eigenvalue weighted by Gasteiger charge is -2.13. The lowest BCUT2D eigenvalue weighted by molar-refractivity contribution is -0.114. The van der Waals surface area contributed by atoms with Crippen molar-refractivity contribution in [3.63, 3.8) is 0 Å². The zero-order chi connectivity index (χ0) is 17.0. The van der Waals surface area contributed by atoms with Gasteiger partial charge in [0.05, 0.1) is 19.3 Å². The summed E-state index contributed by atoms with van der Waals surface area (Å²) >= 11 is 12.1. The highest BCUT2D eigenvalue weighted by Crippen LogP contribution is 2.30. The van der Waals surface area contributed by atoms with E-state index in [4.69, 9.17) is 27.9 Å². The Labute approximate surface area is 145 Å². The molecule has 0 bridgehead atoms. The van der Waals surface area contributed by atoms with Gasteiger partial charge in [-0.25, -0.2) is 0 Å². The quantitative estimate of drug-likeness (QED) is 0.821. The number of nitrogens with one attached hydrogen (secondary N) is 2. The third-order valence-corrected chi connectivity index (χ3v) is 4.19. The maximum atomic E-state index is 12.1. The molecular formula is C17H18Cl2N2O2. The number of anilines is 2. The van der Waals surface area contributed by atoms with Crippen LogP contribution in [0.1, 0.15) is 11.1 Å². The molecule has 0 aromatic heterocycles. The molecule has 2 rings (SSSR count). The van der Waals surface area contributed by atoms with Crippen molar-refractivity contribution in [1.29, 1.82) is 0 Å². The first-order valence-electron chi connectivity index (χ1n) is 7.04. The Morgan fingerprint density at radius 1 is 1.09 bits per heavy atom. The summed E-state index contributed by atoms with van der Waals surface area (Å²) in [5.41, 5.74) is 3.22. The number of rotatable bonds is 5. The molecule has 0 aliphatic rings. The van der Waals surface area contributed by atoms with Gasteiger partial charge in [0.2, 0.25) is 5.91 Å². The third kappa shape index (κ3) is 4.53. The van der Waals surface area contributed by atoms with Crippen molar-refractivity contribution in [3.05, 3.63) is 51.5 Å². The minimum Gasteiger partial charge on any atom is -0.495 e. The number of hydrogen-bond acceptors (Lipinski definition) is 3. The van der Waals surface area contributed by atoms with E-state index in [1.807, 2.05) is 26.0 Å². The smallest absolute Gasteiger partial charge is 0.243 e. The summed E-state index contributed by atoms with van der Waals surface area (Å²) < 4.78 is 5.24. The molecule has 2 aromatic rings. The first kappa shape index (κ1) is 17.4. The van der Waals surface area contributed by atoms with E-state index in [0.717, 1.165) is 16.8 Å².